The number of allylic oxidation sites excluding steroid dienone is 2. The van der Waals surface area contributed by atoms with Crippen LogP contribution in [-0.2, 0) is 4.79 Å². The standard InChI is InChI=1S/C21H15BrFN3O2/c22-13-10-11(6-7-14(13)23)17-18-15(8-9-16(18)27)24-20-19(17)21(28)26(25-20)12-4-2-1-3-5-12/h1-7,10,17,24-25H,8-9H2. The summed E-state index contributed by atoms with van der Waals surface area (Å²) in [5, 5.41) is 6.38. The summed E-state index contributed by atoms with van der Waals surface area (Å²) in [5.41, 5.74) is 3.07. The van der Waals surface area contributed by atoms with Gasteiger partial charge in [0.15, 0.2) is 5.78 Å². The Morgan fingerprint density at radius 1 is 1.07 bits per heavy atom. The topological polar surface area (TPSA) is 66.9 Å². The van der Waals surface area contributed by atoms with Gasteiger partial charge in [-0.3, -0.25) is 14.7 Å². The second kappa shape index (κ2) is 6.31. The van der Waals surface area contributed by atoms with Crippen molar-refractivity contribution in [2.45, 2.75) is 18.8 Å². The van der Waals surface area contributed by atoms with Crippen molar-refractivity contribution < 1.29 is 9.18 Å². The second-order valence-corrected chi connectivity index (χ2v) is 7.78. The maximum Gasteiger partial charge on any atom is 0.277 e. The Labute approximate surface area is 168 Å². The van der Waals surface area contributed by atoms with Crippen LogP contribution >= 0.6 is 15.9 Å². The number of H-pyrrole nitrogens is 1. The first-order valence-corrected chi connectivity index (χ1v) is 9.72. The number of hydrogen-bond acceptors (Lipinski definition) is 3. The van der Waals surface area contributed by atoms with Crippen LogP contribution in [0.15, 0.2) is 69.1 Å². The monoisotopic (exact) mass is 439 g/mol. The number of Topliss-reactive ketones (excluding diaryl/α,β-unsaturated/α-hetero) is 1. The van der Waals surface area contributed by atoms with Crippen molar-refractivity contribution in [2.24, 2.45) is 0 Å². The fraction of sp³-hybridized carbons (Fsp3) is 0.143. The minimum atomic E-state index is -0.535. The predicted octanol–water partition coefficient (Wildman–Crippen LogP) is 4.24. The van der Waals surface area contributed by atoms with Crippen molar-refractivity contribution in [3.05, 3.63) is 91.6 Å². The molecule has 0 radical (unpaired) electrons. The molecule has 0 saturated carbocycles. The average Bonchev–Trinajstić information content (AvgIpc) is 3.23. The highest BCUT2D eigenvalue weighted by molar-refractivity contribution is 9.10. The lowest BCUT2D eigenvalue weighted by Gasteiger charge is -2.25. The molecule has 1 aliphatic carbocycles. The molecule has 1 aromatic heterocycles. The number of carbonyl (C=O) groups is 1. The molecular formula is C21H15BrFN3O2. The van der Waals surface area contributed by atoms with Crippen LogP contribution in [0.3, 0.4) is 0 Å². The van der Waals surface area contributed by atoms with Gasteiger partial charge >= 0.3 is 0 Å². The molecular weight excluding hydrogens is 425 g/mol. The van der Waals surface area contributed by atoms with Crippen LogP contribution in [0, 0.1) is 5.82 Å². The summed E-state index contributed by atoms with van der Waals surface area (Å²) in [7, 11) is 0. The van der Waals surface area contributed by atoms with E-state index in [1.54, 1.807) is 12.1 Å². The molecule has 2 heterocycles. The van der Waals surface area contributed by atoms with Crippen LogP contribution in [0.4, 0.5) is 10.2 Å². The van der Waals surface area contributed by atoms with Crippen LogP contribution < -0.4 is 10.9 Å². The number of nitrogens with one attached hydrogen (secondary N) is 2. The van der Waals surface area contributed by atoms with Gasteiger partial charge in [-0.05, 0) is 52.2 Å². The summed E-state index contributed by atoms with van der Waals surface area (Å²) in [4.78, 5) is 26.0. The summed E-state index contributed by atoms with van der Waals surface area (Å²) < 4.78 is 15.6. The average molecular weight is 440 g/mol. The number of carbonyl (C=O) groups excluding carboxylic acids is 1. The number of benzene rings is 2. The fourth-order valence-electron chi connectivity index (χ4n) is 4.03. The number of ketones is 1. The van der Waals surface area contributed by atoms with Crippen molar-refractivity contribution in [2.75, 3.05) is 5.32 Å². The van der Waals surface area contributed by atoms with E-state index in [1.165, 1.54) is 10.7 Å². The van der Waals surface area contributed by atoms with Gasteiger partial charge in [0.05, 0.1) is 15.7 Å². The van der Waals surface area contributed by atoms with Gasteiger partial charge in [0, 0.05) is 23.6 Å². The van der Waals surface area contributed by atoms with Gasteiger partial charge in [-0.25, -0.2) is 9.07 Å². The Kier molecular flexibility index (Phi) is 3.87. The Morgan fingerprint density at radius 2 is 1.86 bits per heavy atom. The Morgan fingerprint density at radius 3 is 2.61 bits per heavy atom. The van der Waals surface area contributed by atoms with E-state index < -0.39 is 5.92 Å². The highest BCUT2D eigenvalue weighted by Crippen LogP contribution is 2.45. The number of aromatic nitrogens is 2. The number of nitrogens with zero attached hydrogens (tertiary/aromatic N) is 1. The van der Waals surface area contributed by atoms with E-state index in [1.807, 2.05) is 30.3 Å². The molecule has 7 heteroatoms. The van der Waals surface area contributed by atoms with Crippen molar-refractivity contribution in [1.82, 2.24) is 9.78 Å². The second-order valence-electron chi connectivity index (χ2n) is 6.92. The fourth-order valence-corrected chi connectivity index (χ4v) is 4.43. The molecule has 2 aromatic carbocycles. The quantitative estimate of drug-likeness (QED) is 0.627. The van der Waals surface area contributed by atoms with Crippen LogP contribution in [0.2, 0.25) is 0 Å². The smallest absolute Gasteiger partial charge is 0.277 e. The summed E-state index contributed by atoms with van der Waals surface area (Å²) in [6.07, 6.45) is 1.01. The van der Waals surface area contributed by atoms with Crippen LogP contribution in [-0.4, -0.2) is 15.6 Å². The number of para-hydroxylation sites is 1. The number of rotatable bonds is 2. The number of hydrogen-bond donors (Lipinski definition) is 2. The largest absolute Gasteiger partial charge is 0.343 e. The molecule has 0 bridgehead atoms. The molecule has 140 valence electrons. The molecule has 5 rings (SSSR count). The first kappa shape index (κ1) is 17.2. The molecule has 5 nitrogen and oxygen atoms in total. The molecule has 0 amide bonds. The van der Waals surface area contributed by atoms with E-state index in [4.69, 9.17) is 0 Å². The Balaban J connectivity index is 1.75. The number of halogens is 2. The summed E-state index contributed by atoms with van der Waals surface area (Å²) in [6.45, 7) is 0. The van der Waals surface area contributed by atoms with Gasteiger partial charge in [0.1, 0.15) is 11.6 Å². The first-order chi connectivity index (χ1) is 13.5. The number of aromatic amines is 1. The Hall–Kier alpha value is -2.93. The van der Waals surface area contributed by atoms with E-state index in [9.17, 15) is 14.0 Å². The van der Waals surface area contributed by atoms with Gasteiger partial charge in [0.2, 0.25) is 0 Å². The molecule has 0 saturated heterocycles. The normalized spacial score (nSPS) is 18.1. The van der Waals surface area contributed by atoms with E-state index in [0.717, 1.165) is 5.70 Å². The van der Waals surface area contributed by atoms with Crippen LogP contribution in [0.5, 0.6) is 0 Å². The third-order valence-electron chi connectivity index (χ3n) is 5.30. The molecule has 1 aliphatic heterocycles. The number of fused-ring (bicyclic) bond motifs is 1. The zero-order chi connectivity index (χ0) is 19.4. The maximum atomic E-state index is 13.8. The van der Waals surface area contributed by atoms with Gasteiger partial charge in [-0.1, -0.05) is 24.3 Å². The lowest BCUT2D eigenvalue weighted by atomic mass is 9.82. The summed E-state index contributed by atoms with van der Waals surface area (Å²) >= 11 is 3.22. The molecule has 1 unspecified atom stereocenters. The van der Waals surface area contributed by atoms with Crippen molar-refractivity contribution in [3.63, 3.8) is 0 Å². The zero-order valence-corrected chi connectivity index (χ0v) is 16.2. The number of anilines is 1. The van der Waals surface area contributed by atoms with Gasteiger partial charge in [0.25, 0.3) is 5.56 Å². The highest BCUT2D eigenvalue weighted by atomic mass is 79.9. The summed E-state index contributed by atoms with van der Waals surface area (Å²) in [6, 6.07) is 13.9. The van der Waals surface area contributed by atoms with Gasteiger partial charge in [-0.2, -0.15) is 0 Å². The lowest BCUT2D eigenvalue weighted by Crippen LogP contribution is -2.25. The van der Waals surface area contributed by atoms with E-state index in [-0.39, 0.29) is 17.2 Å². The molecule has 2 aliphatic rings. The minimum absolute atomic E-state index is 0.0189. The van der Waals surface area contributed by atoms with Crippen molar-refractivity contribution >= 4 is 27.5 Å². The van der Waals surface area contributed by atoms with Crippen molar-refractivity contribution in [1.29, 1.82) is 0 Å². The highest BCUT2D eigenvalue weighted by Gasteiger charge is 2.40. The third-order valence-corrected chi connectivity index (χ3v) is 5.91. The first-order valence-electron chi connectivity index (χ1n) is 8.93. The van der Waals surface area contributed by atoms with Gasteiger partial charge in [-0.15, -0.1) is 0 Å². The van der Waals surface area contributed by atoms with Crippen molar-refractivity contribution in [3.8, 4) is 5.69 Å². The lowest BCUT2D eigenvalue weighted by molar-refractivity contribution is -0.115. The Bertz CT molecular complexity index is 1210. The molecule has 2 N–H and O–H groups in total. The van der Waals surface area contributed by atoms with Crippen LogP contribution in [0.25, 0.3) is 5.69 Å². The molecule has 3 aromatic rings. The molecule has 0 spiro atoms. The molecule has 0 fully saturated rings. The van der Waals surface area contributed by atoms with E-state index in [2.05, 4.69) is 26.3 Å². The minimum Gasteiger partial charge on any atom is -0.343 e. The van der Waals surface area contributed by atoms with E-state index >= 15 is 0 Å². The SMILES string of the molecule is O=C1CCC2=C1C(c1ccc(F)c(Br)c1)c1c([nH]n(-c3ccccc3)c1=O)N2. The molecule has 1 atom stereocenters. The third kappa shape index (κ3) is 2.50. The van der Waals surface area contributed by atoms with Gasteiger partial charge < -0.3 is 5.32 Å². The van der Waals surface area contributed by atoms with E-state index in [0.29, 0.717) is 45.5 Å². The maximum absolute atomic E-state index is 13.8. The summed E-state index contributed by atoms with van der Waals surface area (Å²) in [5.74, 6) is -0.328. The zero-order valence-electron chi connectivity index (χ0n) is 14.6. The molecule has 28 heavy (non-hydrogen) atoms. The predicted molar refractivity (Wildman–Crippen MR) is 107 cm³/mol. The van der Waals surface area contributed by atoms with Crippen LogP contribution in [0.1, 0.15) is 29.9 Å².